The van der Waals surface area contributed by atoms with Gasteiger partial charge in [-0.15, -0.1) is 0 Å². The molecule has 0 radical (unpaired) electrons. The Morgan fingerprint density at radius 3 is 2.79 bits per heavy atom. The van der Waals surface area contributed by atoms with Gasteiger partial charge in [0.05, 0.1) is 0 Å². The number of hydrogen-bond acceptors (Lipinski definition) is 3. The molecule has 0 spiro atoms. The molecule has 3 nitrogen and oxygen atoms in total. The minimum atomic E-state index is 0.524. The van der Waals surface area contributed by atoms with Crippen LogP contribution >= 0.6 is 11.6 Å². The first-order valence-electron chi connectivity index (χ1n) is 4.90. The largest absolute Gasteiger partial charge is 0.371 e. The lowest BCUT2D eigenvalue weighted by molar-refractivity contribution is 0.932. The SMILES string of the molecule is NCc1cnc(Cl)cc1N1CCCC1. The fourth-order valence-corrected chi connectivity index (χ4v) is 2.01. The molecule has 0 saturated carbocycles. The third kappa shape index (κ3) is 1.83. The van der Waals surface area contributed by atoms with Crippen LogP contribution in [0.3, 0.4) is 0 Å². The molecule has 2 rings (SSSR count). The first-order valence-corrected chi connectivity index (χ1v) is 5.28. The average molecular weight is 212 g/mol. The maximum atomic E-state index is 5.87. The van der Waals surface area contributed by atoms with Crippen molar-refractivity contribution >= 4 is 17.3 Å². The Bertz CT molecular complexity index is 321. The molecule has 14 heavy (non-hydrogen) atoms. The van der Waals surface area contributed by atoms with Crippen LogP contribution in [0.1, 0.15) is 18.4 Å². The summed E-state index contributed by atoms with van der Waals surface area (Å²) >= 11 is 5.87. The van der Waals surface area contributed by atoms with E-state index in [2.05, 4.69) is 9.88 Å². The molecule has 1 aliphatic heterocycles. The molecule has 0 amide bonds. The molecule has 1 aliphatic rings. The van der Waals surface area contributed by atoms with Crippen molar-refractivity contribution in [1.82, 2.24) is 4.98 Å². The molecule has 0 unspecified atom stereocenters. The molecule has 1 fully saturated rings. The summed E-state index contributed by atoms with van der Waals surface area (Å²) in [5.41, 5.74) is 7.90. The highest BCUT2D eigenvalue weighted by molar-refractivity contribution is 6.29. The maximum Gasteiger partial charge on any atom is 0.131 e. The summed E-state index contributed by atoms with van der Waals surface area (Å²) in [6.45, 7) is 2.73. The summed E-state index contributed by atoms with van der Waals surface area (Å²) in [5.74, 6) is 0. The van der Waals surface area contributed by atoms with Gasteiger partial charge in [0.1, 0.15) is 5.15 Å². The van der Waals surface area contributed by atoms with Crippen molar-refractivity contribution in [2.75, 3.05) is 18.0 Å². The van der Waals surface area contributed by atoms with Crippen LogP contribution in [0.2, 0.25) is 5.15 Å². The molecule has 0 bridgehead atoms. The second-order valence-corrected chi connectivity index (χ2v) is 3.92. The molecule has 0 aliphatic carbocycles. The maximum absolute atomic E-state index is 5.87. The highest BCUT2D eigenvalue weighted by Crippen LogP contribution is 2.25. The Morgan fingerprint density at radius 2 is 2.14 bits per heavy atom. The molecule has 2 heterocycles. The summed E-state index contributed by atoms with van der Waals surface area (Å²) in [4.78, 5) is 6.37. The van der Waals surface area contributed by atoms with E-state index in [1.165, 1.54) is 12.8 Å². The molecule has 0 atom stereocenters. The summed E-state index contributed by atoms with van der Waals surface area (Å²) in [7, 11) is 0. The van der Waals surface area contributed by atoms with Crippen LogP contribution in [0.15, 0.2) is 12.3 Å². The molecule has 76 valence electrons. The van der Waals surface area contributed by atoms with E-state index < -0.39 is 0 Å². The van der Waals surface area contributed by atoms with Crippen LogP contribution in [-0.2, 0) is 6.54 Å². The monoisotopic (exact) mass is 211 g/mol. The topological polar surface area (TPSA) is 42.1 Å². The van der Waals surface area contributed by atoms with E-state index in [1.807, 2.05) is 6.07 Å². The van der Waals surface area contributed by atoms with Crippen molar-refractivity contribution in [2.45, 2.75) is 19.4 Å². The van der Waals surface area contributed by atoms with Gasteiger partial charge in [0.25, 0.3) is 0 Å². The molecule has 1 saturated heterocycles. The second kappa shape index (κ2) is 4.15. The fraction of sp³-hybridized carbons (Fsp3) is 0.500. The lowest BCUT2D eigenvalue weighted by Crippen LogP contribution is -2.20. The lowest BCUT2D eigenvalue weighted by Gasteiger charge is -2.20. The molecular formula is C10H14ClN3. The molecule has 0 aromatic carbocycles. The predicted octanol–water partition coefficient (Wildman–Crippen LogP) is 1.79. The number of nitrogens with two attached hydrogens (primary N) is 1. The minimum Gasteiger partial charge on any atom is -0.371 e. The predicted molar refractivity (Wildman–Crippen MR) is 58.6 cm³/mol. The van der Waals surface area contributed by atoms with Gasteiger partial charge in [0.15, 0.2) is 0 Å². The number of halogens is 1. The minimum absolute atomic E-state index is 0.524. The smallest absolute Gasteiger partial charge is 0.131 e. The van der Waals surface area contributed by atoms with E-state index in [1.54, 1.807) is 6.20 Å². The Kier molecular flexibility index (Phi) is 2.89. The quantitative estimate of drug-likeness (QED) is 0.759. The summed E-state index contributed by atoms with van der Waals surface area (Å²) in [6, 6.07) is 1.91. The normalized spacial score (nSPS) is 16.3. The summed E-state index contributed by atoms with van der Waals surface area (Å²) in [5, 5.41) is 0.545. The van der Waals surface area contributed by atoms with Crippen molar-refractivity contribution in [3.63, 3.8) is 0 Å². The third-order valence-corrected chi connectivity index (χ3v) is 2.80. The van der Waals surface area contributed by atoms with Crippen molar-refractivity contribution in [3.8, 4) is 0 Å². The van der Waals surface area contributed by atoms with Crippen LogP contribution in [0.4, 0.5) is 5.69 Å². The standard InChI is InChI=1S/C10H14ClN3/c11-10-5-9(8(6-12)7-13-10)14-3-1-2-4-14/h5,7H,1-4,6,12H2. The molecule has 2 N–H and O–H groups in total. The second-order valence-electron chi connectivity index (χ2n) is 3.53. The van der Waals surface area contributed by atoms with Gasteiger partial charge in [-0.1, -0.05) is 11.6 Å². The number of rotatable bonds is 2. The van der Waals surface area contributed by atoms with Crippen molar-refractivity contribution < 1.29 is 0 Å². The summed E-state index contributed by atoms with van der Waals surface area (Å²) in [6.07, 6.45) is 4.28. The highest BCUT2D eigenvalue weighted by Gasteiger charge is 2.15. The van der Waals surface area contributed by atoms with Crippen LogP contribution in [0.25, 0.3) is 0 Å². The van der Waals surface area contributed by atoms with Crippen LogP contribution in [0, 0.1) is 0 Å². The van der Waals surface area contributed by atoms with Gasteiger partial charge in [-0.3, -0.25) is 0 Å². The van der Waals surface area contributed by atoms with Crippen molar-refractivity contribution in [3.05, 3.63) is 23.0 Å². The number of hydrogen-bond donors (Lipinski definition) is 1. The van der Waals surface area contributed by atoms with Gasteiger partial charge in [0.2, 0.25) is 0 Å². The van der Waals surface area contributed by atoms with Gasteiger partial charge in [0, 0.05) is 37.1 Å². The van der Waals surface area contributed by atoms with Crippen LogP contribution in [0.5, 0.6) is 0 Å². The van der Waals surface area contributed by atoms with E-state index in [-0.39, 0.29) is 0 Å². The van der Waals surface area contributed by atoms with Crippen molar-refractivity contribution in [1.29, 1.82) is 0 Å². The van der Waals surface area contributed by atoms with E-state index in [0.717, 1.165) is 24.3 Å². The van der Waals surface area contributed by atoms with Gasteiger partial charge in [-0.25, -0.2) is 4.98 Å². The van der Waals surface area contributed by atoms with Gasteiger partial charge in [-0.2, -0.15) is 0 Å². The van der Waals surface area contributed by atoms with Gasteiger partial charge < -0.3 is 10.6 Å². The first kappa shape index (κ1) is 9.74. The highest BCUT2D eigenvalue weighted by atomic mass is 35.5. The molecule has 4 heteroatoms. The molecular weight excluding hydrogens is 198 g/mol. The zero-order valence-electron chi connectivity index (χ0n) is 8.04. The number of pyridine rings is 1. The van der Waals surface area contributed by atoms with E-state index in [4.69, 9.17) is 17.3 Å². The Labute approximate surface area is 88.9 Å². The Balaban J connectivity index is 2.33. The van der Waals surface area contributed by atoms with Crippen LogP contribution in [-0.4, -0.2) is 18.1 Å². The van der Waals surface area contributed by atoms with E-state index in [9.17, 15) is 0 Å². The average Bonchev–Trinajstić information content (AvgIpc) is 2.70. The number of nitrogens with zero attached hydrogens (tertiary/aromatic N) is 2. The number of anilines is 1. The lowest BCUT2D eigenvalue weighted by atomic mass is 10.2. The zero-order chi connectivity index (χ0) is 9.97. The van der Waals surface area contributed by atoms with Gasteiger partial charge >= 0.3 is 0 Å². The molecule has 1 aromatic heterocycles. The fourth-order valence-electron chi connectivity index (χ4n) is 1.86. The molecule has 1 aromatic rings. The van der Waals surface area contributed by atoms with E-state index in [0.29, 0.717) is 11.7 Å². The third-order valence-electron chi connectivity index (χ3n) is 2.60. The summed E-state index contributed by atoms with van der Waals surface area (Å²) < 4.78 is 0. The first-order chi connectivity index (χ1) is 6.81. The Morgan fingerprint density at radius 1 is 1.43 bits per heavy atom. The van der Waals surface area contributed by atoms with Gasteiger partial charge in [-0.05, 0) is 18.9 Å². The zero-order valence-corrected chi connectivity index (χ0v) is 8.80. The number of aromatic nitrogens is 1. The Hall–Kier alpha value is -0.800. The van der Waals surface area contributed by atoms with E-state index >= 15 is 0 Å². The van der Waals surface area contributed by atoms with Crippen LogP contribution < -0.4 is 10.6 Å². The van der Waals surface area contributed by atoms with Crippen molar-refractivity contribution in [2.24, 2.45) is 5.73 Å².